The first-order valence-corrected chi connectivity index (χ1v) is 14.8. The van der Waals surface area contributed by atoms with Gasteiger partial charge in [-0.1, -0.05) is 26.0 Å². The summed E-state index contributed by atoms with van der Waals surface area (Å²) in [4.78, 5) is 15.3. The lowest BCUT2D eigenvalue weighted by molar-refractivity contribution is -0.169. The number of ether oxygens (including phenoxy) is 3. The van der Waals surface area contributed by atoms with E-state index in [1.807, 2.05) is 32.0 Å². The Morgan fingerprint density at radius 2 is 1.62 bits per heavy atom. The Morgan fingerprint density at radius 3 is 2.27 bits per heavy atom. The summed E-state index contributed by atoms with van der Waals surface area (Å²) in [7, 11) is -2.08. The van der Waals surface area contributed by atoms with Gasteiger partial charge in [-0.15, -0.1) is 0 Å². The maximum Gasteiger partial charge on any atom is 0.245 e. The van der Waals surface area contributed by atoms with Crippen LogP contribution in [0.4, 0.5) is 29.0 Å². The van der Waals surface area contributed by atoms with Gasteiger partial charge in [-0.25, -0.2) is 18.4 Å². The fourth-order valence-electron chi connectivity index (χ4n) is 5.03. The summed E-state index contributed by atoms with van der Waals surface area (Å²) in [6.45, 7) is 7.32. The van der Waals surface area contributed by atoms with Crippen LogP contribution >= 0.6 is 0 Å². The fraction of sp³-hybridized carbons (Fsp3) is 0.444. The van der Waals surface area contributed by atoms with Gasteiger partial charge in [-0.3, -0.25) is 0 Å². The molecule has 0 bridgehead atoms. The molecule has 3 aromatic rings. The van der Waals surface area contributed by atoms with Gasteiger partial charge in [0, 0.05) is 50.8 Å². The van der Waals surface area contributed by atoms with Gasteiger partial charge in [-0.2, -0.15) is 9.29 Å². The lowest BCUT2D eigenvalue weighted by Crippen LogP contribution is -2.45. The molecule has 12 nitrogen and oxygen atoms in total. The summed E-state index contributed by atoms with van der Waals surface area (Å²) in [5, 5.41) is 6.23. The summed E-state index contributed by atoms with van der Waals surface area (Å²) in [6.07, 6.45) is 2.99. The standard InChI is InChI=1S/C27H35N7O5S/c1-4-34(5-2)40(35,36)24-9-7-6-8-22(24)31-26-29-19-28-25(32-26)30-21-11-10-20(18-23(21)37-3)33-14-12-27(13-15-33)38-16-17-39-27/h6-11,18-19H,4-5,12-17H2,1-3H3,(H2,28,29,30,31,32). The summed E-state index contributed by atoms with van der Waals surface area (Å²) in [6, 6.07) is 12.6. The second-order valence-corrected chi connectivity index (χ2v) is 11.4. The molecule has 2 aromatic carbocycles. The average Bonchev–Trinajstić information content (AvgIpc) is 3.42. The monoisotopic (exact) mass is 569 g/mol. The Hall–Kier alpha value is -3.52. The molecule has 2 N–H and O–H groups in total. The van der Waals surface area contributed by atoms with E-state index in [-0.39, 0.29) is 16.8 Å². The number of hydrogen-bond donors (Lipinski definition) is 2. The molecule has 0 radical (unpaired) electrons. The zero-order valence-corrected chi connectivity index (χ0v) is 23.8. The quantitative estimate of drug-likeness (QED) is 0.370. The molecule has 0 atom stereocenters. The van der Waals surface area contributed by atoms with Crippen LogP contribution < -0.4 is 20.3 Å². The minimum atomic E-state index is -3.69. The molecular formula is C27H35N7O5S. The second kappa shape index (κ2) is 11.9. The van der Waals surface area contributed by atoms with Crippen molar-refractivity contribution in [2.24, 2.45) is 0 Å². The third-order valence-corrected chi connectivity index (χ3v) is 9.27. The minimum absolute atomic E-state index is 0.153. The van der Waals surface area contributed by atoms with Gasteiger partial charge in [0.15, 0.2) is 5.79 Å². The Labute approximate surface area is 234 Å². The minimum Gasteiger partial charge on any atom is -0.494 e. The molecule has 2 saturated heterocycles. The number of benzene rings is 2. The predicted molar refractivity (Wildman–Crippen MR) is 152 cm³/mol. The lowest BCUT2D eigenvalue weighted by Gasteiger charge is -2.38. The number of nitrogens with one attached hydrogen (secondary N) is 2. The van der Waals surface area contributed by atoms with Crippen LogP contribution in [-0.4, -0.2) is 80.0 Å². The average molecular weight is 570 g/mol. The Kier molecular flexibility index (Phi) is 8.35. The van der Waals surface area contributed by atoms with Crippen molar-refractivity contribution in [3.63, 3.8) is 0 Å². The topological polar surface area (TPSA) is 131 Å². The van der Waals surface area contributed by atoms with Crippen molar-refractivity contribution in [1.29, 1.82) is 0 Å². The van der Waals surface area contributed by atoms with Crippen LogP contribution in [0.2, 0.25) is 0 Å². The van der Waals surface area contributed by atoms with Crippen LogP contribution in [0, 0.1) is 0 Å². The van der Waals surface area contributed by atoms with Crippen molar-refractivity contribution in [3.05, 3.63) is 48.8 Å². The second-order valence-electron chi connectivity index (χ2n) is 9.45. The van der Waals surface area contributed by atoms with E-state index >= 15 is 0 Å². The number of piperidine rings is 1. The molecule has 2 fully saturated rings. The molecule has 3 heterocycles. The predicted octanol–water partition coefficient (Wildman–Crippen LogP) is 3.74. The number of sulfonamides is 1. The van der Waals surface area contributed by atoms with Gasteiger partial charge in [0.05, 0.1) is 31.7 Å². The van der Waals surface area contributed by atoms with Crippen LogP contribution in [0.5, 0.6) is 5.75 Å². The van der Waals surface area contributed by atoms with Crippen molar-refractivity contribution >= 4 is 39.0 Å². The maximum absolute atomic E-state index is 13.2. The zero-order valence-electron chi connectivity index (χ0n) is 23.0. The highest BCUT2D eigenvalue weighted by Crippen LogP contribution is 2.36. The molecule has 40 heavy (non-hydrogen) atoms. The van der Waals surface area contributed by atoms with Crippen molar-refractivity contribution in [2.75, 3.05) is 62.0 Å². The van der Waals surface area contributed by atoms with Crippen molar-refractivity contribution in [3.8, 4) is 5.75 Å². The van der Waals surface area contributed by atoms with E-state index in [1.165, 1.54) is 10.6 Å². The summed E-state index contributed by atoms with van der Waals surface area (Å²) < 4.78 is 45.1. The SMILES string of the molecule is CCN(CC)S(=O)(=O)c1ccccc1Nc1ncnc(Nc2ccc(N3CCC4(CC3)OCCO4)cc2OC)n1. The Balaban J connectivity index is 1.31. The van der Waals surface area contributed by atoms with E-state index < -0.39 is 15.8 Å². The highest BCUT2D eigenvalue weighted by molar-refractivity contribution is 7.89. The van der Waals surface area contributed by atoms with Crippen LogP contribution in [0.3, 0.4) is 0 Å². The van der Waals surface area contributed by atoms with E-state index in [9.17, 15) is 8.42 Å². The number of nitrogens with zero attached hydrogens (tertiary/aromatic N) is 5. The molecule has 2 aliphatic rings. The van der Waals surface area contributed by atoms with E-state index in [0.717, 1.165) is 31.6 Å². The highest BCUT2D eigenvalue weighted by atomic mass is 32.2. The molecule has 5 rings (SSSR count). The van der Waals surface area contributed by atoms with Gasteiger partial charge in [-0.05, 0) is 24.3 Å². The third-order valence-electron chi connectivity index (χ3n) is 7.16. The molecule has 0 unspecified atom stereocenters. The van der Waals surface area contributed by atoms with Gasteiger partial charge < -0.3 is 29.7 Å². The first kappa shape index (κ1) is 28.0. The van der Waals surface area contributed by atoms with Gasteiger partial charge in [0.2, 0.25) is 21.9 Å². The Morgan fingerprint density at radius 1 is 0.975 bits per heavy atom. The van der Waals surface area contributed by atoms with Gasteiger partial charge in [0.25, 0.3) is 0 Å². The third kappa shape index (κ3) is 5.82. The van der Waals surface area contributed by atoms with Gasteiger partial charge in [0.1, 0.15) is 17.0 Å². The van der Waals surface area contributed by atoms with Crippen LogP contribution in [0.15, 0.2) is 53.7 Å². The number of rotatable bonds is 10. The molecule has 0 amide bonds. The number of para-hydroxylation sites is 1. The fourth-order valence-corrected chi connectivity index (χ4v) is 6.63. The molecule has 13 heteroatoms. The molecule has 1 aromatic heterocycles. The highest BCUT2D eigenvalue weighted by Gasteiger charge is 2.39. The zero-order chi connectivity index (χ0) is 28.2. The Bertz CT molecular complexity index is 1420. The summed E-state index contributed by atoms with van der Waals surface area (Å²) in [5.41, 5.74) is 2.10. The number of anilines is 5. The number of methoxy groups -OCH3 is 1. The first-order valence-electron chi connectivity index (χ1n) is 13.4. The normalized spacial score (nSPS) is 16.9. The number of hydrogen-bond acceptors (Lipinski definition) is 11. The molecule has 0 aliphatic carbocycles. The van der Waals surface area contributed by atoms with Gasteiger partial charge >= 0.3 is 0 Å². The van der Waals surface area contributed by atoms with Crippen molar-refractivity contribution in [2.45, 2.75) is 37.4 Å². The van der Waals surface area contributed by atoms with E-state index in [0.29, 0.717) is 43.4 Å². The van der Waals surface area contributed by atoms with Crippen molar-refractivity contribution < 1.29 is 22.6 Å². The first-order chi connectivity index (χ1) is 19.4. The molecular weight excluding hydrogens is 534 g/mol. The molecule has 2 aliphatic heterocycles. The molecule has 1 spiro atoms. The summed E-state index contributed by atoms with van der Waals surface area (Å²) in [5.74, 6) is 0.691. The van der Waals surface area contributed by atoms with E-state index in [4.69, 9.17) is 14.2 Å². The molecule has 0 saturated carbocycles. The van der Waals surface area contributed by atoms with E-state index in [1.54, 1.807) is 31.4 Å². The molecule has 214 valence electrons. The van der Waals surface area contributed by atoms with Crippen LogP contribution in [0.1, 0.15) is 26.7 Å². The van der Waals surface area contributed by atoms with Crippen LogP contribution in [0.25, 0.3) is 0 Å². The van der Waals surface area contributed by atoms with E-state index in [2.05, 4.69) is 30.5 Å². The number of aromatic nitrogens is 3. The summed E-state index contributed by atoms with van der Waals surface area (Å²) >= 11 is 0. The smallest absolute Gasteiger partial charge is 0.245 e. The van der Waals surface area contributed by atoms with Crippen molar-refractivity contribution in [1.82, 2.24) is 19.3 Å². The lowest BCUT2D eigenvalue weighted by atomic mass is 10.0. The largest absolute Gasteiger partial charge is 0.494 e. The van der Waals surface area contributed by atoms with Crippen LogP contribution in [-0.2, 0) is 19.5 Å². The maximum atomic E-state index is 13.2.